The second kappa shape index (κ2) is 9.77. The zero-order chi connectivity index (χ0) is 21.8. The molecular weight excluding hydrogens is 438 g/mol. The molecule has 5 rings (SSSR count). The first-order valence-electron chi connectivity index (χ1n) is 10.5. The molecule has 0 radical (unpaired) electrons. The van der Waals surface area contributed by atoms with Gasteiger partial charge in [0.15, 0.2) is 5.82 Å². The van der Waals surface area contributed by atoms with Crippen LogP contribution >= 0.6 is 11.8 Å². The summed E-state index contributed by atoms with van der Waals surface area (Å²) in [7, 11) is -1.32. The number of hydrogen-bond donors (Lipinski definition) is 1. The first-order chi connectivity index (χ1) is 15.8. The van der Waals surface area contributed by atoms with E-state index in [-0.39, 0.29) is 0 Å². The van der Waals surface area contributed by atoms with E-state index in [2.05, 4.69) is 19.6 Å². The third-order valence-electron chi connectivity index (χ3n) is 5.37. The van der Waals surface area contributed by atoms with Crippen LogP contribution in [0, 0.1) is 0 Å². The Bertz CT molecular complexity index is 1250. The summed E-state index contributed by atoms with van der Waals surface area (Å²) in [6.45, 7) is 2.47. The summed E-state index contributed by atoms with van der Waals surface area (Å²) >= 11 is 1.97. The normalized spacial score (nSPS) is 15.1. The molecule has 0 spiro atoms. The number of anilines is 1. The molecule has 3 heterocycles. The minimum atomic E-state index is -1.32. The standard InChI is InChI=1S/C24H23N5OS2/c30-32(27-16-18-5-2-1-3-6-18)20-8-4-7-19(15-20)21-9-10-22-23(28-21)24(26-17-25-22)29-11-13-31-14-12-29/h1-10,15,17,27H,11-14,16H2. The maximum absolute atomic E-state index is 12.8. The summed E-state index contributed by atoms with van der Waals surface area (Å²) in [4.78, 5) is 16.9. The molecule has 6 nitrogen and oxygen atoms in total. The van der Waals surface area contributed by atoms with Crippen LogP contribution in [0.4, 0.5) is 5.82 Å². The molecular formula is C24H23N5OS2. The van der Waals surface area contributed by atoms with E-state index in [0.717, 1.165) is 63.2 Å². The molecule has 2 aromatic carbocycles. The van der Waals surface area contributed by atoms with Crippen LogP contribution in [-0.4, -0.2) is 43.8 Å². The molecule has 2 aromatic heterocycles. The molecule has 1 N–H and O–H groups in total. The van der Waals surface area contributed by atoms with Crippen molar-refractivity contribution in [1.29, 1.82) is 0 Å². The minimum Gasteiger partial charge on any atom is -0.353 e. The van der Waals surface area contributed by atoms with Crippen molar-refractivity contribution in [1.82, 2.24) is 19.7 Å². The monoisotopic (exact) mass is 461 g/mol. The van der Waals surface area contributed by atoms with Crippen molar-refractivity contribution in [2.24, 2.45) is 0 Å². The van der Waals surface area contributed by atoms with E-state index in [1.807, 2.05) is 78.5 Å². The Balaban J connectivity index is 1.42. The lowest BCUT2D eigenvalue weighted by Gasteiger charge is -2.27. The molecule has 0 bridgehead atoms. The molecule has 1 aliphatic heterocycles. The molecule has 0 aliphatic carbocycles. The van der Waals surface area contributed by atoms with Crippen LogP contribution in [0.1, 0.15) is 5.56 Å². The minimum absolute atomic E-state index is 0.542. The number of fused-ring (bicyclic) bond motifs is 1. The highest BCUT2D eigenvalue weighted by Crippen LogP contribution is 2.27. The Labute approximate surface area is 194 Å². The van der Waals surface area contributed by atoms with Gasteiger partial charge < -0.3 is 4.90 Å². The summed E-state index contributed by atoms with van der Waals surface area (Å²) in [5.74, 6) is 3.07. The van der Waals surface area contributed by atoms with Crippen LogP contribution in [0.15, 0.2) is 78.0 Å². The Hall–Kier alpha value is -2.81. The fourth-order valence-electron chi connectivity index (χ4n) is 3.69. The van der Waals surface area contributed by atoms with E-state index in [0.29, 0.717) is 6.54 Å². The van der Waals surface area contributed by atoms with Crippen molar-refractivity contribution in [3.63, 3.8) is 0 Å². The van der Waals surface area contributed by atoms with Gasteiger partial charge in [-0.25, -0.2) is 23.9 Å². The van der Waals surface area contributed by atoms with Gasteiger partial charge in [0, 0.05) is 36.7 Å². The van der Waals surface area contributed by atoms with E-state index in [1.54, 1.807) is 6.33 Å². The third kappa shape index (κ3) is 4.67. The van der Waals surface area contributed by atoms with Crippen molar-refractivity contribution in [2.75, 3.05) is 29.5 Å². The van der Waals surface area contributed by atoms with Gasteiger partial charge in [-0.15, -0.1) is 0 Å². The van der Waals surface area contributed by atoms with Crippen LogP contribution in [0.2, 0.25) is 0 Å². The van der Waals surface area contributed by atoms with Crippen LogP contribution < -0.4 is 9.62 Å². The molecule has 1 saturated heterocycles. The topological polar surface area (TPSA) is 71.0 Å². The number of nitrogens with one attached hydrogen (secondary N) is 1. The highest BCUT2D eigenvalue weighted by atomic mass is 32.2. The van der Waals surface area contributed by atoms with Gasteiger partial charge in [0.2, 0.25) is 0 Å². The second-order valence-corrected chi connectivity index (χ2v) is 9.99. The van der Waals surface area contributed by atoms with E-state index in [4.69, 9.17) is 4.98 Å². The van der Waals surface area contributed by atoms with E-state index < -0.39 is 11.0 Å². The lowest BCUT2D eigenvalue weighted by Crippen LogP contribution is -2.33. The van der Waals surface area contributed by atoms with E-state index in [1.165, 1.54) is 0 Å². The van der Waals surface area contributed by atoms with Crippen molar-refractivity contribution < 1.29 is 4.21 Å². The molecule has 4 aromatic rings. The molecule has 1 aliphatic rings. The van der Waals surface area contributed by atoms with Gasteiger partial charge >= 0.3 is 0 Å². The van der Waals surface area contributed by atoms with Crippen LogP contribution in [0.25, 0.3) is 22.3 Å². The highest BCUT2D eigenvalue weighted by Gasteiger charge is 2.17. The van der Waals surface area contributed by atoms with Gasteiger partial charge in [-0.05, 0) is 29.8 Å². The van der Waals surface area contributed by atoms with Gasteiger partial charge in [0.25, 0.3) is 0 Å². The first-order valence-corrected chi connectivity index (χ1v) is 12.8. The van der Waals surface area contributed by atoms with Gasteiger partial charge in [0.05, 0.1) is 16.1 Å². The Morgan fingerprint density at radius 2 is 1.81 bits per heavy atom. The van der Waals surface area contributed by atoms with Gasteiger partial charge in [-0.3, -0.25) is 0 Å². The van der Waals surface area contributed by atoms with Gasteiger partial charge in [-0.1, -0.05) is 42.5 Å². The van der Waals surface area contributed by atoms with Crippen molar-refractivity contribution >= 4 is 39.6 Å². The maximum atomic E-state index is 12.8. The zero-order valence-electron chi connectivity index (χ0n) is 17.5. The van der Waals surface area contributed by atoms with Gasteiger partial charge in [0.1, 0.15) is 22.8 Å². The number of thioether (sulfide) groups is 1. The second-order valence-electron chi connectivity index (χ2n) is 7.46. The maximum Gasteiger partial charge on any atom is 0.158 e. The summed E-state index contributed by atoms with van der Waals surface area (Å²) in [6, 6.07) is 21.6. The average Bonchev–Trinajstić information content (AvgIpc) is 2.88. The van der Waals surface area contributed by atoms with Crippen LogP contribution in [0.5, 0.6) is 0 Å². The summed E-state index contributed by atoms with van der Waals surface area (Å²) in [5, 5.41) is 0. The van der Waals surface area contributed by atoms with Crippen LogP contribution in [0.3, 0.4) is 0 Å². The molecule has 32 heavy (non-hydrogen) atoms. The number of nitrogens with zero attached hydrogens (tertiary/aromatic N) is 4. The SMILES string of the molecule is O=S(NCc1ccccc1)c1cccc(-c2ccc3ncnc(N4CCSCC4)c3n2)c1. The molecule has 1 unspecified atom stereocenters. The van der Waals surface area contributed by atoms with Crippen molar-refractivity contribution in [3.05, 3.63) is 78.6 Å². The summed E-state index contributed by atoms with van der Waals surface area (Å²) in [6.07, 6.45) is 1.61. The molecule has 1 fully saturated rings. The van der Waals surface area contributed by atoms with Crippen molar-refractivity contribution in [3.8, 4) is 11.3 Å². The van der Waals surface area contributed by atoms with Crippen molar-refractivity contribution in [2.45, 2.75) is 11.4 Å². The first kappa shape index (κ1) is 21.1. The quantitative estimate of drug-likeness (QED) is 0.467. The number of hydrogen-bond acceptors (Lipinski definition) is 6. The lowest BCUT2D eigenvalue weighted by atomic mass is 10.1. The summed E-state index contributed by atoms with van der Waals surface area (Å²) < 4.78 is 15.9. The fraction of sp³-hybridized carbons (Fsp3) is 0.208. The number of pyridine rings is 1. The Kier molecular flexibility index (Phi) is 6.43. The zero-order valence-corrected chi connectivity index (χ0v) is 19.1. The Morgan fingerprint density at radius 3 is 2.66 bits per heavy atom. The predicted octanol–water partition coefficient (Wildman–Crippen LogP) is 4.06. The third-order valence-corrected chi connectivity index (χ3v) is 7.40. The summed E-state index contributed by atoms with van der Waals surface area (Å²) in [5.41, 5.74) is 4.48. The van der Waals surface area contributed by atoms with E-state index >= 15 is 0 Å². The smallest absolute Gasteiger partial charge is 0.158 e. The molecule has 0 saturated carbocycles. The number of aromatic nitrogens is 3. The number of benzene rings is 2. The largest absolute Gasteiger partial charge is 0.353 e. The predicted molar refractivity (Wildman–Crippen MR) is 132 cm³/mol. The fourth-order valence-corrected chi connectivity index (χ4v) is 5.50. The van der Waals surface area contributed by atoms with E-state index in [9.17, 15) is 4.21 Å². The molecule has 8 heteroatoms. The number of rotatable bonds is 6. The van der Waals surface area contributed by atoms with Crippen LogP contribution in [-0.2, 0) is 17.5 Å². The highest BCUT2D eigenvalue weighted by molar-refractivity contribution is 7.99. The van der Waals surface area contributed by atoms with Gasteiger partial charge in [-0.2, -0.15) is 11.8 Å². The average molecular weight is 462 g/mol. The Morgan fingerprint density at radius 1 is 0.969 bits per heavy atom. The molecule has 0 amide bonds. The molecule has 162 valence electrons. The lowest BCUT2D eigenvalue weighted by molar-refractivity contribution is 0.672. The molecule has 1 atom stereocenters.